The molecule has 0 aliphatic rings. The molecule has 3 N–H and O–H groups in total. The second-order valence-electron chi connectivity index (χ2n) is 5.93. The fraction of sp³-hybridized carbons (Fsp3) is 0.533. The predicted octanol–water partition coefficient (Wildman–Crippen LogP) is 1.78. The van der Waals surface area contributed by atoms with E-state index >= 15 is 0 Å². The van der Waals surface area contributed by atoms with Gasteiger partial charge in [0, 0.05) is 6.26 Å². The fourth-order valence-corrected chi connectivity index (χ4v) is 2.83. The van der Waals surface area contributed by atoms with Crippen molar-refractivity contribution >= 4 is 15.7 Å². The molecule has 0 bridgehead atoms. The highest BCUT2D eigenvalue weighted by Crippen LogP contribution is 2.20. The van der Waals surface area contributed by atoms with Crippen LogP contribution in [0.25, 0.3) is 0 Å². The summed E-state index contributed by atoms with van der Waals surface area (Å²) in [5.74, 6) is -0.844. The number of nitrogens with two attached hydrogens (primary N) is 1. The van der Waals surface area contributed by atoms with Crippen LogP contribution in [-0.4, -0.2) is 26.6 Å². The van der Waals surface area contributed by atoms with Crippen LogP contribution < -0.4 is 11.1 Å². The molecule has 7 heteroatoms. The van der Waals surface area contributed by atoms with Crippen molar-refractivity contribution in [2.24, 2.45) is 11.7 Å². The van der Waals surface area contributed by atoms with Crippen molar-refractivity contribution in [3.05, 3.63) is 29.6 Å². The Morgan fingerprint density at radius 3 is 2.36 bits per heavy atom. The molecule has 5 nitrogen and oxygen atoms in total. The maximum atomic E-state index is 13.9. The number of carbonyl (C=O) groups excluding carboxylic acids is 1. The standard InChI is InChI=1S/C15H23FN2O3S/c1-9(2)7-13(17)15(19)18-10(3)11-5-6-14(12(16)8-11)22(4,20)21/h5-6,8-10,13H,7,17H2,1-4H3,(H,18,19)/t10?,13-/m0/s1. The summed E-state index contributed by atoms with van der Waals surface area (Å²) in [4.78, 5) is 11.6. The van der Waals surface area contributed by atoms with Gasteiger partial charge in [-0.15, -0.1) is 0 Å². The van der Waals surface area contributed by atoms with E-state index in [9.17, 15) is 17.6 Å². The SMILES string of the molecule is CC(C)C[C@H](N)C(=O)NC(C)c1ccc(S(C)(=O)=O)c(F)c1. The van der Waals surface area contributed by atoms with E-state index in [1.807, 2.05) is 13.8 Å². The quantitative estimate of drug-likeness (QED) is 0.832. The summed E-state index contributed by atoms with van der Waals surface area (Å²) in [7, 11) is -3.61. The summed E-state index contributed by atoms with van der Waals surface area (Å²) in [5.41, 5.74) is 6.27. The highest BCUT2D eigenvalue weighted by Gasteiger charge is 2.20. The fourth-order valence-electron chi connectivity index (χ4n) is 2.11. The van der Waals surface area contributed by atoms with Crippen molar-refractivity contribution in [2.45, 2.75) is 44.2 Å². The Morgan fingerprint density at radius 2 is 1.91 bits per heavy atom. The van der Waals surface area contributed by atoms with E-state index in [4.69, 9.17) is 5.73 Å². The van der Waals surface area contributed by atoms with E-state index in [-0.39, 0.29) is 10.8 Å². The average Bonchev–Trinajstić information content (AvgIpc) is 2.35. The van der Waals surface area contributed by atoms with Crippen molar-refractivity contribution in [3.8, 4) is 0 Å². The molecule has 0 heterocycles. The molecule has 1 unspecified atom stereocenters. The first-order valence-corrected chi connectivity index (χ1v) is 8.97. The van der Waals surface area contributed by atoms with Crippen LogP contribution in [0.2, 0.25) is 0 Å². The summed E-state index contributed by atoms with van der Waals surface area (Å²) in [6.07, 6.45) is 1.50. The van der Waals surface area contributed by atoms with Crippen LogP contribution in [0.4, 0.5) is 4.39 Å². The molecule has 2 atom stereocenters. The number of carbonyl (C=O) groups is 1. The number of sulfone groups is 1. The number of hydrogen-bond donors (Lipinski definition) is 2. The minimum Gasteiger partial charge on any atom is -0.348 e. The van der Waals surface area contributed by atoms with Gasteiger partial charge in [0.15, 0.2) is 9.84 Å². The van der Waals surface area contributed by atoms with E-state index in [1.54, 1.807) is 6.92 Å². The zero-order chi connectivity index (χ0) is 17.1. The summed E-state index contributed by atoms with van der Waals surface area (Å²) in [5, 5.41) is 2.71. The second kappa shape index (κ2) is 7.19. The lowest BCUT2D eigenvalue weighted by Gasteiger charge is -2.19. The minimum atomic E-state index is -3.61. The molecular formula is C15H23FN2O3S. The van der Waals surface area contributed by atoms with Crippen LogP contribution in [0.1, 0.15) is 38.8 Å². The molecule has 22 heavy (non-hydrogen) atoms. The van der Waals surface area contributed by atoms with Gasteiger partial charge in [0.05, 0.1) is 12.1 Å². The van der Waals surface area contributed by atoms with Crippen LogP contribution in [0, 0.1) is 11.7 Å². The smallest absolute Gasteiger partial charge is 0.237 e. The topological polar surface area (TPSA) is 89.3 Å². The molecule has 0 aliphatic carbocycles. The molecule has 0 saturated heterocycles. The Hall–Kier alpha value is -1.47. The molecular weight excluding hydrogens is 307 g/mol. The zero-order valence-electron chi connectivity index (χ0n) is 13.3. The highest BCUT2D eigenvalue weighted by molar-refractivity contribution is 7.90. The summed E-state index contributed by atoms with van der Waals surface area (Å²) >= 11 is 0. The number of rotatable bonds is 6. The molecule has 0 saturated carbocycles. The molecule has 124 valence electrons. The minimum absolute atomic E-state index is 0.294. The van der Waals surface area contributed by atoms with E-state index in [1.165, 1.54) is 12.1 Å². The summed E-state index contributed by atoms with van der Waals surface area (Å²) < 4.78 is 36.6. The number of halogens is 1. The van der Waals surface area contributed by atoms with Crippen molar-refractivity contribution < 1.29 is 17.6 Å². The third-order valence-electron chi connectivity index (χ3n) is 3.28. The Bertz CT molecular complexity index is 644. The largest absolute Gasteiger partial charge is 0.348 e. The lowest BCUT2D eigenvalue weighted by atomic mass is 10.0. The molecule has 1 aromatic rings. The second-order valence-corrected chi connectivity index (χ2v) is 7.91. The number of amides is 1. The van der Waals surface area contributed by atoms with Gasteiger partial charge in [-0.2, -0.15) is 0 Å². The van der Waals surface area contributed by atoms with Crippen LogP contribution in [0.5, 0.6) is 0 Å². The van der Waals surface area contributed by atoms with Crippen molar-refractivity contribution in [3.63, 3.8) is 0 Å². The van der Waals surface area contributed by atoms with E-state index < -0.39 is 27.7 Å². The van der Waals surface area contributed by atoms with Gasteiger partial charge in [0.25, 0.3) is 0 Å². The van der Waals surface area contributed by atoms with E-state index in [2.05, 4.69) is 5.32 Å². The van der Waals surface area contributed by atoms with Crippen molar-refractivity contribution in [2.75, 3.05) is 6.26 Å². The van der Waals surface area contributed by atoms with Gasteiger partial charge >= 0.3 is 0 Å². The normalized spacial score (nSPS) is 14.7. The molecule has 0 fully saturated rings. The van der Waals surface area contributed by atoms with Gasteiger partial charge in [-0.05, 0) is 37.0 Å². The van der Waals surface area contributed by atoms with Gasteiger partial charge in [0.1, 0.15) is 10.7 Å². The van der Waals surface area contributed by atoms with Crippen LogP contribution in [0.3, 0.4) is 0 Å². The maximum Gasteiger partial charge on any atom is 0.237 e. The first-order valence-electron chi connectivity index (χ1n) is 7.07. The maximum absolute atomic E-state index is 13.9. The molecule has 0 spiro atoms. The molecule has 1 amide bonds. The van der Waals surface area contributed by atoms with E-state index in [0.717, 1.165) is 12.3 Å². The van der Waals surface area contributed by atoms with Gasteiger partial charge in [-0.3, -0.25) is 4.79 Å². The third-order valence-corrected chi connectivity index (χ3v) is 4.41. The Balaban J connectivity index is 2.85. The third kappa shape index (κ3) is 5.06. The summed E-state index contributed by atoms with van der Waals surface area (Å²) in [6, 6.07) is 2.72. The molecule has 0 aromatic heterocycles. The predicted molar refractivity (Wildman–Crippen MR) is 83.5 cm³/mol. The van der Waals surface area contributed by atoms with Crippen LogP contribution >= 0.6 is 0 Å². The number of hydrogen-bond acceptors (Lipinski definition) is 4. The number of nitrogens with one attached hydrogen (secondary N) is 1. The number of benzene rings is 1. The molecule has 0 radical (unpaired) electrons. The van der Waals surface area contributed by atoms with Gasteiger partial charge in [-0.1, -0.05) is 19.9 Å². The van der Waals surface area contributed by atoms with Crippen molar-refractivity contribution in [1.29, 1.82) is 0 Å². The molecule has 0 aliphatic heterocycles. The molecule has 1 aromatic carbocycles. The first-order chi connectivity index (χ1) is 10.0. The monoisotopic (exact) mass is 330 g/mol. The lowest BCUT2D eigenvalue weighted by Crippen LogP contribution is -2.42. The lowest BCUT2D eigenvalue weighted by molar-refractivity contribution is -0.123. The van der Waals surface area contributed by atoms with E-state index in [0.29, 0.717) is 17.9 Å². The van der Waals surface area contributed by atoms with Crippen LogP contribution in [-0.2, 0) is 14.6 Å². The zero-order valence-corrected chi connectivity index (χ0v) is 14.1. The summed E-state index contributed by atoms with van der Waals surface area (Å²) in [6.45, 7) is 5.63. The Labute approximate surface area is 131 Å². The first kappa shape index (κ1) is 18.6. The van der Waals surface area contributed by atoms with Crippen molar-refractivity contribution in [1.82, 2.24) is 5.32 Å². The van der Waals surface area contributed by atoms with Crippen LogP contribution in [0.15, 0.2) is 23.1 Å². The Kier molecular flexibility index (Phi) is 6.08. The van der Waals surface area contributed by atoms with Gasteiger partial charge < -0.3 is 11.1 Å². The molecule has 1 rings (SSSR count). The Morgan fingerprint density at radius 1 is 1.32 bits per heavy atom. The highest BCUT2D eigenvalue weighted by atomic mass is 32.2. The van der Waals surface area contributed by atoms with Gasteiger partial charge in [-0.25, -0.2) is 12.8 Å². The van der Waals surface area contributed by atoms with Gasteiger partial charge in [0.2, 0.25) is 5.91 Å². The average molecular weight is 330 g/mol.